The molecule has 1 heterocycles. The minimum Gasteiger partial charge on any atom is -0.351 e. The molecule has 4 atom stereocenters. The van der Waals surface area contributed by atoms with Gasteiger partial charge in [0.1, 0.15) is 5.69 Å². The summed E-state index contributed by atoms with van der Waals surface area (Å²) >= 11 is 0. The van der Waals surface area contributed by atoms with Crippen LogP contribution in [0.25, 0.3) is 0 Å². The van der Waals surface area contributed by atoms with Crippen LogP contribution in [0.1, 0.15) is 46.9 Å². The summed E-state index contributed by atoms with van der Waals surface area (Å²) in [6, 6.07) is 10.5. The Balaban J connectivity index is 1.37. The molecule has 136 valence electrons. The van der Waals surface area contributed by atoms with Gasteiger partial charge >= 0.3 is 0 Å². The van der Waals surface area contributed by atoms with Crippen LogP contribution in [0.15, 0.2) is 35.0 Å². The van der Waals surface area contributed by atoms with Gasteiger partial charge in [-0.05, 0) is 42.3 Å². The Bertz CT molecular complexity index is 804. The third-order valence-corrected chi connectivity index (χ3v) is 5.72. The second-order valence-electron chi connectivity index (χ2n) is 7.17. The Hall–Kier alpha value is -2.70. The van der Waals surface area contributed by atoms with E-state index in [1.54, 1.807) is 6.92 Å². The molecule has 2 amide bonds. The van der Waals surface area contributed by atoms with Crippen LogP contribution in [0, 0.1) is 18.8 Å². The maximum atomic E-state index is 12.4. The predicted octanol–water partition coefficient (Wildman–Crippen LogP) is 1.81. The summed E-state index contributed by atoms with van der Waals surface area (Å²) in [6.07, 6.45) is 3.61. The van der Waals surface area contributed by atoms with Gasteiger partial charge in [-0.25, -0.2) is 4.63 Å². The summed E-state index contributed by atoms with van der Waals surface area (Å²) in [5.41, 5.74) is 1.80. The van der Waals surface area contributed by atoms with E-state index >= 15 is 0 Å². The molecule has 2 aliphatic rings. The highest BCUT2D eigenvalue weighted by molar-refractivity contribution is 5.95. The zero-order valence-corrected chi connectivity index (χ0v) is 14.6. The zero-order valence-electron chi connectivity index (χ0n) is 14.6. The van der Waals surface area contributed by atoms with E-state index in [4.69, 9.17) is 0 Å². The molecule has 7 heteroatoms. The van der Waals surface area contributed by atoms with Crippen molar-refractivity contribution < 1.29 is 14.2 Å². The van der Waals surface area contributed by atoms with Gasteiger partial charge in [0.15, 0.2) is 5.69 Å². The molecule has 0 radical (unpaired) electrons. The summed E-state index contributed by atoms with van der Waals surface area (Å²) in [4.78, 5) is 24.4. The summed E-state index contributed by atoms with van der Waals surface area (Å²) in [6.45, 7) is 1.55. The molecule has 2 saturated carbocycles. The Kier molecular flexibility index (Phi) is 4.44. The lowest BCUT2D eigenvalue weighted by atomic mass is 9.60. The molecule has 2 N–H and O–H groups in total. The van der Waals surface area contributed by atoms with Crippen molar-refractivity contribution in [1.82, 2.24) is 20.9 Å². The number of amides is 2. The standard InChI is InChI=1S/C19H22N4O3/c1-11-17(23-26-22-11)19(25)20-10-15(24)21-18-14-9-5-8-13(14)16(18)12-6-3-2-4-7-12/h2-4,6-7,13-14,16,18H,5,8-10H2,1H3,(H,20,25)(H,21,24)/t13-,14-,16+,18-/m1/s1. The van der Waals surface area contributed by atoms with Crippen molar-refractivity contribution in [2.75, 3.05) is 6.54 Å². The van der Waals surface area contributed by atoms with Crippen molar-refractivity contribution >= 4 is 11.8 Å². The number of rotatable bonds is 5. The van der Waals surface area contributed by atoms with Crippen LogP contribution in [0.2, 0.25) is 0 Å². The van der Waals surface area contributed by atoms with E-state index in [2.05, 4.69) is 37.7 Å². The number of nitrogens with zero attached hydrogens (tertiary/aromatic N) is 2. The van der Waals surface area contributed by atoms with Gasteiger partial charge in [-0.3, -0.25) is 9.59 Å². The van der Waals surface area contributed by atoms with Crippen molar-refractivity contribution in [3.8, 4) is 0 Å². The first-order chi connectivity index (χ1) is 12.6. The molecule has 0 saturated heterocycles. The van der Waals surface area contributed by atoms with Crippen molar-refractivity contribution in [3.63, 3.8) is 0 Å². The van der Waals surface area contributed by atoms with E-state index in [0.29, 0.717) is 23.4 Å². The fourth-order valence-corrected chi connectivity index (χ4v) is 4.54. The fourth-order valence-electron chi connectivity index (χ4n) is 4.54. The maximum Gasteiger partial charge on any atom is 0.275 e. The van der Waals surface area contributed by atoms with Crippen LogP contribution >= 0.6 is 0 Å². The molecular formula is C19H22N4O3. The van der Waals surface area contributed by atoms with E-state index in [-0.39, 0.29) is 24.2 Å². The zero-order chi connectivity index (χ0) is 18.1. The Morgan fingerprint density at radius 3 is 2.65 bits per heavy atom. The highest BCUT2D eigenvalue weighted by Gasteiger charge is 2.53. The number of carbonyl (C=O) groups is 2. The van der Waals surface area contributed by atoms with Crippen LogP contribution in [0.4, 0.5) is 0 Å². The number of nitrogens with one attached hydrogen (secondary N) is 2. The molecule has 0 bridgehead atoms. The van der Waals surface area contributed by atoms with Gasteiger partial charge in [0.2, 0.25) is 5.91 Å². The van der Waals surface area contributed by atoms with E-state index in [1.807, 2.05) is 18.2 Å². The molecular weight excluding hydrogens is 332 g/mol. The third-order valence-electron chi connectivity index (χ3n) is 5.72. The average molecular weight is 354 g/mol. The largest absolute Gasteiger partial charge is 0.351 e. The second-order valence-corrected chi connectivity index (χ2v) is 7.17. The minimum atomic E-state index is -0.453. The van der Waals surface area contributed by atoms with E-state index in [9.17, 15) is 9.59 Å². The van der Waals surface area contributed by atoms with Crippen molar-refractivity contribution in [1.29, 1.82) is 0 Å². The highest BCUT2D eigenvalue weighted by atomic mass is 16.6. The van der Waals surface area contributed by atoms with Crippen LogP contribution < -0.4 is 10.6 Å². The van der Waals surface area contributed by atoms with Gasteiger partial charge < -0.3 is 10.6 Å². The molecule has 1 aromatic carbocycles. The van der Waals surface area contributed by atoms with Gasteiger partial charge in [-0.15, -0.1) is 0 Å². The molecule has 26 heavy (non-hydrogen) atoms. The van der Waals surface area contributed by atoms with Gasteiger partial charge in [-0.1, -0.05) is 41.9 Å². The molecule has 1 aromatic heterocycles. The van der Waals surface area contributed by atoms with Crippen molar-refractivity contribution in [2.24, 2.45) is 11.8 Å². The van der Waals surface area contributed by atoms with Crippen LogP contribution in [-0.4, -0.2) is 34.7 Å². The number of fused-ring (bicyclic) bond motifs is 1. The maximum absolute atomic E-state index is 12.4. The lowest BCUT2D eigenvalue weighted by Gasteiger charge is -2.49. The topological polar surface area (TPSA) is 97.1 Å². The quantitative estimate of drug-likeness (QED) is 0.853. The molecule has 0 spiro atoms. The van der Waals surface area contributed by atoms with Crippen LogP contribution in [-0.2, 0) is 4.79 Å². The smallest absolute Gasteiger partial charge is 0.275 e. The van der Waals surface area contributed by atoms with Gasteiger partial charge in [0.05, 0.1) is 6.54 Å². The highest BCUT2D eigenvalue weighted by Crippen LogP contribution is 2.55. The van der Waals surface area contributed by atoms with Gasteiger partial charge in [0.25, 0.3) is 5.91 Å². The number of hydrogen-bond donors (Lipinski definition) is 2. The third kappa shape index (κ3) is 2.98. The fraction of sp³-hybridized carbons (Fsp3) is 0.474. The van der Waals surface area contributed by atoms with E-state index in [1.165, 1.54) is 18.4 Å². The lowest BCUT2D eigenvalue weighted by molar-refractivity contribution is -0.123. The first kappa shape index (κ1) is 16.8. The summed E-state index contributed by atoms with van der Waals surface area (Å²) in [5, 5.41) is 12.8. The van der Waals surface area contributed by atoms with Gasteiger partial charge in [0, 0.05) is 12.0 Å². The van der Waals surface area contributed by atoms with Crippen LogP contribution in [0.5, 0.6) is 0 Å². The van der Waals surface area contributed by atoms with Gasteiger partial charge in [-0.2, -0.15) is 0 Å². The monoisotopic (exact) mass is 354 g/mol. The SMILES string of the molecule is Cc1nonc1C(=O)NCC(=O)N[C@@H]1[C@@H]2CCC[C@H]2[C@@H]1c1ccccc1. The minimum absolute atomic E-state index is 0.0828. The Labute approximate surface area is 151 Å². The molecule has 0 unspecified atom stereocenters. The number of benzene rings is 1. The molecule has 2 aromatic rings. The molecule has 7 nitrogen and oxygen atoms in total. The lowest BCUT2D eigenvalue weighted by Crippen LogP contribution is -2.57. The summed E-state index contributed by atoms with van der Waals surface area (Å²) in [7, 11) is 0. The Morgan fingerprint density at radius 1 is 1.15 bits per heavy atom. The normalized spacial score (nSPS) is 26.7. The average Bonchev–Trinajstić information content (AvgIpc) is 3.25. The molecule has 2 aliphatic carbocycles. The summed E-state index contributed by atoms with van der Waals surface area (Å²) < 4.78 is 4.51. The first-order valence-electron chi connectivity index (χ1n) is 9.07. The van der Waals surface area contributed by atoms with Crippen molar-refractivity contribution in [2.45, 2.75) is 38.1 Å². The van der Waals surface area contributed by atoms with Crippen LogP contribution in [0.3, 0.4) is 0 Å². The predicted molar refractivity (Wildman–Crippen MR) is 93.3 cm³/mol. The van der Waals surface area contributed by atoms with Crippen molar-refractivity contribution in [3.05, 3.63) is 47.3 Å². The van der Waals surface area contributed by atoms with E-state index < -0.39 is 5.91 Å². The number of carbonyl (C=O) groups excluding carboxylic acids is 2. The number of hydrogen-bond acceptors (Lipinski definition) is 5. The first-order valence-corrected chi connectivity index (χ1v) is 9.07. The molecule has 2 fully saturated rings. The number of aryl methyl sites for hydroxylation is 1. The molecule has 0 aliphatic heterocycles. The Morgan fingerprint density at radius 2 is 1.92 bits per heavy atom. The summed E-state index contributed by atoms with van der Waals surface area (Å²) in [5.74, 6) is 0.933. The number of aromatic nitrogens is 2. The molecule has 4 rings (SSSR count). The van der Waals surface area contributed by atoms with E-state index in [0.717, 1.165) is 6.42 Å². The second kappa shape index (κ2) is 6.90.